The fourth-order valence-electron chi connectivity index (χ4n) is 3.06. The second kappa shape index (κ2) is 10.3. The molecule has 0 heterocycles. The van der Waals surface area contributed by atoms with Gasteiger partial charge in [0.1, 0.15) is 6.54 Å². The van der Waals surface area contributed by atoms with Gasteiger partial charge < -0.3 is 20.9 Å². The Morgan fingerprint density at radius 3 is 2.58 bits per heavy atom. The molecule has 3 rings (SSSR count). The van der Waals surface area contributed by atoms with E-state index in [2.05, 4.69) is 16.0 Å². The number of rotatable bonds is 8. The molecule has 1 saturated carbocycles. The van der Waals surface area contributed by atoms with Crippen LogP contribution in [0.3, 0.4) is 0 Å². The number of urea groups is 1. The zero-order valence-electron chi connectivity index (χ0n) is 17.7. The number of benzene rings is 2. The highest BCUT2D eigenvalue weighted by molar-refractivity contribution is 6.31. The number of carbonyl (C=O) groups excluding carboxylic acids is 3. The Hall–Kier alpha value is -3.06. The standard InChI is InChI=1S/C23H27ClN4O3/c1-3-28(14-21(29)27-20-12-18(24)10-7-15(20)2)23(31)25-13-16-5-4-6-19(11-16)26-22(30)17-8-9-17/h4-7,10-12,17H,3,8-9,13-14H2,1-2H3,(H,25,31)(H,26,30)(H,27,29). The zero-order chi connectivity index (χ0) is 22.4. The second-order valence-electron chi connectivity index (χ2n) is 7.64. The molecule has 0 radical (unpaired) electrons. The summed E-state index contributed by atoms with van der Waals surface area (Å²) in [6.45, 7) is 4.28. The fraction of sp³-hybridized carbons (Fsp3) is 0.348. The average molecular weight is 443 g/mol. The van der Waals surface area contributed by atoms with E-state index in [1.165, 1.54) is 4.90 Å². The summed E-state index contributed by atoms with van der Waals surface area (Å²) in [5, 5.41) is 9.06. The first-order valence-corrected chi connectivity index (χ1v) is 10.7. The Labute approximate surface area is 187 Å². The number of likely N-dealkylation sites (N-methyl/N-ethyl adjacent to an activating group) is 1. The van der Waals surface area contributed by atoms with Crippen molar-refractivity contribution < 1.29 is 14.4 Å². The monoisotopic (exact) mass is 442 g/mol. The Morgan fingerprint density at radius 1 is 1.10 bits per heavy atom. The lowest BCUT2D eigenvalue weighted by Crippen LogP contribution is -2.43. The van der Waals surface area contributed by atoms with Crippen LogP contribution < -0.4 is 16.0 Å². The van der Waals surface area contributed by atoms with Crippen molar-refractivity contribution in [2.45, 2.75) is 33.2 Å². The molecule has 0 aromatic heterocycles. The number of halogens is 1. The van der Waals surface area contributed by atoms with Crippen molar-refractivity contribution in [2.24, 2.45) is 5.92 Å². The molecular weight excluding hydrogens is 416 g/mol. The van der Waals surface area contributed by atoms with Crippen molar-refractivity contribution in [3.63, 3.8) is 0 Å². The summed E-state index contributed by atoms with van der Waals surface area (Å²) in [5.74, 6) is -0.130. The van der Waals surface area contributed by atoms with Gasteiger partial charge in [0, 0.05) is 35.4 Å². The summed E-state index contributed by atoms with van der Waals surface area (Å²) in [6.07, 6.45) is 1.89. The highest BCUT2D eigenvalue weighted by Gasteiger charge is 2.29. The molecule has 2 aromatic rings. The van der Waals surface area contributed by atoms with Gasteiger partial charge >= 0.3 is 6.03 Å². The van der Waals surface area contributed by atoms with E-state index in [1.807, 2.05) is 44.2 Å². The van der Waals surface area contributed by atoms with Gasteiger partial charge in [0.2, 0.25) is 11.8 Å². The minimum atomic E-state index is -0.340. The summed E-state index contributed by atoms with van der Waals surface area (Å²) in [5.41, 5.74) is 3.09. The quantitative estimate of drug-likeness (QED) is 0.573. The fourth-order valence-corrected chi connectivity index (χ4v) is 3.23. The zero-order valence-corrected chi connectivity index (χ0v) is 18.5. The van der Waals surface area contributed by atoms with Crippen LogP contribution in [0.2, 0.25) is 5.02 Å². The SMILES string of the molecule is CCN(CC(=O)Nc1cc(Cl)ccc1C)C(=O)NCc1cccc(NC(=O)C2CC2)c1. The number of nitrogens with one attached hydrogen (secondary N) is 3. The van der Waals surface area contributed by atoms with Gasteiger partial charge in [-0.25, -0.2) is 4.79 Å². The maximum atomic E-state index is 12.6. The van der Waals surface area contributed by atoms with Gasteiger partial charge in [0.25, 0.3) is 0 Å². The van der Waals surface area contributed by atoms with Crippen LogP contribution in [0.5, 0.6) is 0 Å². The van der Waals surface area contributed by atoms with Crippen molar-refractivity contribution in [1.82, 2.24) is 10.2 Å². The van der Waals surface area contributed by atoms with Crippen LogP contribution >= 0.6 is 11.6 Å². The smallest absolute Gasteiger partial charge is 0.318 e. The molecule has 8 heteroatoms. The largest absolute Gasteiger partial charge is 0.334 e. The molecule has 1 aliphatic rings. The number of nitrogens with zero attached hydrogens (tertiary/aromatic N) is 1. The summed E-state index contributed by atoms with van der Waals surface area (Å²) in [6, 6.07) is 12.3. The Morgan fingerprint density at radius 2 is 1.87 bits per heavy atom. The topological polar surface area (TPSA) is 90.5 Å². The predicted molar refractivity (Wildman–Crippen MR) is 122 cm³/mol. The highest BCUT2D eigenvalue weighted by Crippen LogP contribution is 2.30. The van der Waals surface area contributed by atoms with Crippen LogP contribution in [-0.2, 0) is 16.1 Å². The van der Waals surface area contributed by atoms with Gasteiger partial charge in [0.15, 0.2) is 0 Å². The lowest BCUT2D eigenvalue weighted by atomic mass is 10.2. The van der Waals surface area contributed by atoms with E-state index >= 15 is 0 Å². The van der Waals surface area contributed by atoms with Crippen molar-refractivity contribution >= 4 is 40.8 Å². The third kappa shape index (κ3) is 6.72. The van der Waals surface area contributed by atoms with Gasteiger partial charge in [-0.3, -0.25) is 9.59 Å². The molecule has 7 nitrogen and oxygen atoms in total. The number of amides is 4. The summed E-state index contributed by atoms with van der Waals surface area (Å²) in [7, 11) is 0. The first-order chi connectivity index (χ1) is 14.9. The molecule has 0 atom stereocenters. The van der Waals surface area contributed by atoms with Crippen molar-refractivity contribution in [3.8, 4) is 0 Å². The van der Waals surface area contributed by atoms with Crippen molar-refractivity contribution in [2.75, 3.05) is 23.7 Å². The minimum absolute atomic E-state index is 0.0410. The number of anilines is 2. The second-order valence-corrected chi connectivity index (χ2v) is 8.08. The molecule has 4 amide bonds. The molecule has 31 heavy (non-hydrogen) atoms. The minimum Gasteiger partial charge on any atom is -0.334 e. The van der Waals surface area contributed by atoms with E-state index in [0.717, 1.165) is 24.0 Å². The van der Waals surface area contributed by atoms with E-state index in [9.17, 15) is 14.4 Å². The molecule has 1 fully saturated rings. The van der Waals surface area contributed by atoms with E-state index in [1.54, 1.807) is 12.1 Å². The van der Waals surface area contributed by atoms with Gasteiger partial charge in [-0.05, 0) is 62.1 Å². The van der Waals surface area contributed by atoms with Gasteiger partial charge in [0.05, 0.1) is 0 Å². The van der Waals surface area contributed by atoms with Gasteiger partial charge in [-0.2, -0.15) is 0 Å². The number of aryl methyl sites for hydroxylation is 1. The molecule has 0 aliphatic heterocycles. The third-order valence-electron chi connectivity index (χ3n) is 5.06. The van der Waals surface area contributed by atoms with Crippen LogP contribution in [0, 0.1) is 12.8 Å². The summed E-state index contributed by atoms with van der Waals surface area (Å²) < 4.78 is 0. The lowest BCUT2D eigenvalue weighted by molar-refractivity contribution is -0.117. The Balaban J connectivity index is 1.51. The molecule has 1 aliphatic carbocycles. The van der Waals surface area contributed by atoms with E-state index in [-0.39, 0.29) is 36.9 Å². The van der Waals surface area contributed by atoms with Crippen LogP contribution in [0.15, 0.2) is 42.5 Å². The number of hydrogen-bond acceptors (Lipinski definition) is 3. The molecule has 0 unspecified atom stereocenters. The number of hydrogen-bond donors (Lipinski definition) is 3. The molecule has 0 saturated heterocycles. The maximum Gasteiger partial charge on any atom is 0.318 e. The molecule has 164 valence electrons. The van der Waals surface area contributed by atoms with E-state index < -0.39 is 0 Å². The summed E-state index contributed by atoms with van der Waals surface area (Å²) in [4.78, 5) is 38.3. The van der Waals surface area contributed by atoms with E-state index in [4.69, 9.17) is 11.6 Å². The predicted octanol–water partition coefficient (Wildman–Crippen LogP) is 4.17. The Kier molecular flexibility index (Phi) is 7.52. The summed E-state index contributed by atoms with van der Waals surface area (Å²) >= 11 is 5.99. The highest BCUT2D eigenvalue weighted by atomic mass is 35.5. The normalized spacial score (nSPS) is 12.7. The van der Waals surface area contributed by atoms with Crippen molar-refractivity contribution in [3.05, 3.63) is 58.6 Å². The van der Waals surface area contributed by atoms with Crippen LogP contribution in [0.1, 0.15) is 30.9 Å². The molecular formula is C23H27ClN4O3. The number of carbonyl (C=O) groups is 3. The molecule has 0 bridgehead atoms. The van der Waals surface area contributed by atoms with E-state index in [0.29, 0.717) is 22.9 Å². The average Bonchev–Trinajstić information content (AvgIpc) is 3.59. The van der Waals surface area contributed by atoms with Gasteiger partial charge in [-0.1, -0.05) is 29.8 Å². The molecule has 0 spiro atoms. The van der Waals surface area contributed by atoms with Crippen molar-refractivity contribution in [1.29, 1.82) is 0 Å². The maximum absolute atomic E-state index is 12.6. The first kappa shape index (κ1) is 22.6. The molecule has 3 N–H and O–H groups in total. The molecule has 2 aromatic carbocycles. The van der Waals surface area contributed by atoms with Crippen LogP contribution in [0.25, 0.3) is 0 Å². The van der Waals surface area contributed by atoms with Gasteiger partial charge in [-0.15, -0.1) is 0 Å². The Bertz CT molecular complexity index is 975. The van der Waals surface area contributed by atoms with Crippen LogP contribution in [0.4, 0.5) is 16.2 Å². The first-order valence-electron chi connectivity index (χ1n) is 10.3. The van der Waals surface area contributed by atoms with Crippen LogP contribution in [-0.4, -0.2) is 35.8 Å². The third-order valence-corrected chi connectivity index (χ3v) is 5.30. The lowest BCUT2D eigenvalue weighted by Gasteiger charge is -2.21.